The fraction of sp³-hybridized carbons (Fsp3) is 0.375. The van der Waals surface area contributed by atoms with Gasteiger partial charge in [0.1, 0.15) is 16.8 Å². The van der Waals surface area contributed by atoms with E-state index in [1.165, 1.54) is 11.1 Å². The Labute approximate surface area is 125 Å². The molecule has 4 heteroatoms. The molecule has 0 fully saturated rings. The molecule has 2 aromatic rings. The molecule has 0 amide bonds. The molecule has 3 nitrogen and oxygen atoms in total. The van der Waals surface area contributed by atoms with Crippen molar-refractivity contribution < 1.29 is 0 Å². The second-order valence-corrected chi connectivity index (χ2v) is 5.64. The average molecular weight is 290 g/mol. The van der Waals surface area contributed by atoms with Crippen LogP contribution in [0.3, 0.4) is 0 Å². The molecule has 0 saturated carbocycles. The average Bonchev–Trinajstić information content (AvgIpc) is 2.38. The molecule has 1 heterocycles. The first-order valence-electron chi connectivity index (χ1n) is 6.88. The summed E-state index contributed by atoms with van der Waals surface area (Å²) >= 11 is 6.02. The molecule has 0 saturated heterocycles. The van der Waals surface area contributed by atoms with Crippen LogP contribution in [-0.2, 0) is 6.42 Å². The smallest absolute Gasteiger partial charge is 0.135 e. The number of benzene rings is 1. The molecular weight excluding hydrogens is 270 g/mol. The van der Waals surface area contributed by atoms with Crippen LogP contribution in [0.25, 0.3) is 0 Å². The first-order chi connectivity index (χ1) is 9.54. The lowest BCUT2D eigenvalue weighted by Gasteiger charge is -2.10. The van der Waals surface area contributed by atoms with E-state index in [0.717, 1.165) is 24.6 Å². The molecule has 1 aromatic carbocycles. The molecule has 20 heavy (non-hydrogen) atoms. The van der Waals surface area contributed by atoms with Crippen molar-refractivity contribution >= 4 is 17.4 Å². The minimum Gasteiger partial charge on any atom is -0.370 e. The molecule has 0 aliphatic carbocycles. The van der Waals surface area contributed by atoms with Gasteiger partial charge in [-0.15, -0.1) is 0 Å². The molecule has 0 atom stereocenters. The lowest BCUT2D eigenvalue weighted by molar-refractivity contribution is 0.774. The Morgan fingerprint density at radius 2 is 2.00 bits per heavy atom. The fourth-order valence-corrected chi connectivity index (χ4v) is 2.18. The van der Waals surface area contributed by atoms with Crippen LogP contribution in [0.5, 0.6) is 0 Å². The second kappa shape index (κ2) is 6.71. The standard InChI is InChI=1S/C16H20ClN3/c1-11(2)16-19-14(17)10-15(20-16)18-8-7-13-6-4-5-12(3)9-13/h4-6,9-11H,7-8H2,1-3H3,(H,18,19,20). The third-order valence-electron chi connectivity index (χ3n) is 3.03. The van der Waals surface area contributed by atoms with Crippen molar-refractivity contribution in [1.82, 2.24) is 9.97 Å². The number of halogens is 1. The highest BCUT2D eigenvalue weighted by atomic mass is 35.5. The van der Waals surface area contributed by atoms with E-state index in [1.54, 1.807) is 6.07 Å². The number of nitrogens with zero attached hydrogens (tertiary/aromatic N) is 2. The summed E-state index contributed by atoms with van der Waals surface area (Å²) in [5.74, 6) is 1.84. The van der Waals surface area contributed by atoms with Crippen LogP contribution in [0.1, 0.15) is 36.7 Å². The van der Waals surface area contributed by atoms with E-state index in [-0.39, 0.29) is 5.92 Å². The topological polar surface area (TPSA) is 37.8 Å². The Hall–Kier alpha value is -1.61. The van der Waals surface area contributed by atoms with E-state index in [1.807, 2.05) is 0 Å². The highest BCUT2D eigenvalue weighted by molar-refractivity contribution is 6.29. The van der Waals surface area contributed by atoms with E-state index in [9.17, 15) is 0 Å². The van der Waals surface area contributed by atoms with Gasteiger partial charge in [0.2, 0.25) is 0 Å². The number of anilines is 1. The van der Waals surface area contributed by atoms with Gasteiger partial charge in [-0.1, -0.05) is 55.3 Å². The molecule has 0 unspecified atom stereocenters. The minimum atomic E-state index is 0.269. The van der Waals surface area contributed by atoms with Gasteiger partial charge in [0, 0.05) is 18.5 Å². The van der Waals surface area contributed by atoms with Gasteiger partial charge in [-0.3, -0.25) is 0 Å². The summed E-state index contributed by atoms with van der Waals surface area (Å²) in [7, 11) is 0. The fourth-order valence-electron chi connectivity index (χ4n) is 1.99. The van der Waals surface area contributed by atoms with Crippen molar-refractivity contribution in [2.75, 3.05) is 11.9 Å². The maximum Gasteiger partial charge on any atom is 0.135 e. The van der Waals surface area contributed by atoms with Gasteiger partial charge in [-0.2, -0.15) is 0 Å². The maximum absolute atomic E-state index is 6.02. The molecule has 0 aliphatic rings. The van der Waals surface area contributed by atoms with Crippen molar-refractivity contribution in [3.63, 3.8) is 0 Å². The Morgan fingerprint density at radius 1 is 1.20 bits per heavy atom. The van der Waals surface area contributed by atoms with Crippen LogP contribution in [0.4, 0.5) is 5.82 Å². The molecule has 0 aliphatic heterocycles. The number of aromatic nitrogens is 2. The Bertz CT molecular complexity index is 582. The zero-order valence-electron chi connectivity index (χ0n) is 12.2. The number of nitrogens with one attached hydrogen (secondary N) is 1. The van der Waals surface area contributed by atoms with Gasteiger partial charge in [-0.05, 0) is 18.9 Å². The molecular formula is C16H20ClN3. The quantitative estimate of drug-likeness (QED) is 0.838. The summed E-state index contributed by atoms with van der Waals surface area (Å²) in [5, 5.41) is 3.80. The summed E-state index contributed by atoms with van der Waals surface area (Å²) in [4.78, 5) is 8.70. The third kappa shape index (κ3) is 4.20. The summed E-state index contributed by atoms with van der Waals surface area (Å²) in [6, 6.07) is 10.3. The summed E-state index contributed by atoms with van der Waals surface area (Å²) in [6.45, 7) is 7.05. The molecule has 1 N–H and O–H groups in total. The Kier molecular flexibility index (Phi) is 4.96. The van der Waals surface area contributed by atoms with Gasteiger partial charge in [0.05, 0.1) is 0 Å². The van der Waals surface area contributed by atoms with Crippen LogP contribution in [-0.4, -0.2) is 16.5 Å². The van der Waals surface area contributed by atoms with Gasteiger partial charge < -0.3 is 5.32 Å². The largest absolute Gasteiger partial charge is 0.370 e. The zero-order chi connectivity index (χ0) is 14.5. The van der Waals surface area contributed by atoms with Crippen molar-refractivity contribution in [3.05, 3.63) is 52.4 Å². The van der Waals surface area contributed by atoms with Crippen molar-refractivity contribution in [3.8, 4) is 0 Å². The van der Waals surface area contributed by atoms with E-state index in [4.69, 9.17) is 11.6 Å². The second-order valence-electron chi connectivity index (χ2n) is 5.25. The molecule has 0 radical (unpaired) electrons. The number of hydrogen-bond donors (Lipinski definition) is 1. The number of rotatable bonds is 5. The molecule has 0 spiro atoms. The van der Waals surface area contributed by atoms with E-state index < -0.39 is 0 Å². The normalized spacial score (nSPS) is 10.8. The summed E-state index contributed by atoms with van der Waals surface area (Å²) in [5.41, 5.74) is 2.61. The van der Waals surface area contributed by atoms with Crippen LogP contribution in [0, 0.1) is 6.92 Å². The first kappa shape index (κ1) is 14.8. The van der Waals surface area contributed by atoms with Gasteiger partial charge in [-0.25, -0.2) is 9.97 Å². The van der Waals surface area contributed by atoms with Crippen molar-refractivity contribution in [1.29, 1.82) is 0 Å². The highest BCUT2D eigenvalue weighted by Crippen LogP contribution is 2.17. The monoisotopic (exact) mass is 289 g/mol. The Balaban J connectivity index is 1.97. The summed E-state index contributed by atoms with van der Waals surface area (Å²) in [6.07, 6.45) is 0.959. The van der Waals surface area contributed by atoms with E-state index in [0.29, 0.717) is 5.15 Å². The highest BCUT2D eigenvalue weighted by Gasteiger charge is 2.06. The molecule has 2 rings (SSSR count). The van der Waals surface area contributed by atoms with Gasteiger partial charge in [0.15, 0.2) is 0 Å². The molecule has 106 valence electrons. The van der Waals surface area contributed by atoms with E-state index in [2.05, 4.69) is 60.3 Å². The third-order valence-corrected chi connectivity index (χ3v) is 3.22. The maximum atomic E-state index is 6.02. The van der Waals surface area contributed by atoms with Crippen LogP contribution < -0.4 is 5.32 Å². The van der Waals surface area contributed by atoms with Gasteiger partial charge >= 0.3 is 0 Å². The minimum absolute atomic E-state index is 0.269. The van der Waals surface area contributed by atoms with Gasteiger partial charge in [0.25, 0.3) is 0 Å². The van der Waals surface area contributed by atoms with Crippen LogP contribution >= 0.6 is 11.6 Å². The lowest BCUT2D eigenvalue weighted by atomic mass is 10.1. The Morgan fingerprint density at radius 3 is 2.70 bits per heavy atom. The van der Waals surface area contributed by atoms with Crippen molar-refractivity contribution in [2.24, 2.45) is 0 Å². The summed E-state index contributed by atoms with van der Waals surface area (Å²) < 4.78 is 0. The van der Waals surface area contributed by atoms with Crippen LogP contribution in [0.15, 0.2) is 30.3 Å². The number of hydrogen-bond acceptors (Lipinski definition) is 3. The lowest BCUT2D eigenvalue weighted by Crippen LogP contribution is -2.09. The zero-order valence-corrected chi connectivity index (χ0v) is 12.9. The van der Waals surface area contributed by atoms with Crippen molar-refractivity contribution in [2.45, 2.75) is 33.1 Å². The van der Waals surface area contributed by atoms with Crippen LogP contribution in [0.2, 0.25) is 5.15 Å². The van der Waals surface area contributed by atoms with E-state index >= 15 is 0 Å². The molecule has 0 bridgehead atoms. The first-order valence-corrected chi connectivity index (χ1v) is 7.26. The molecule has 1 aromatic heterocycles. The number of aryl methyl sites for hydroxylation is 1. The SMILES string of the molecule is Cc1cccc(CCNc2cc(Cl)nc(C(C)C)n2)c1. The predicted octanol–water partition coefficient (Wildman–Crippen LogP) is 4.22. The predicted molar refractivity (Wildman–Crippen MR) is 84.5 cm³/mol.